The highest BCUT2D eigenvalue weighted by Crippen LogP contribution is 2.16. The van der Waals surface area contributed by atoms with E-state index in [0.717, 1.165) is 5.03 Å². The second-order valence-electron chi connectivity index (χ2n) is 3.52. The van der Waals surface area contributed by atoms with Crippen molar-refractivity contribution in [2.24, 2.45) is 0 Å². The number of carbonyl (C=O) groups is 1. The molecule has 2 heterocycles. The molecule has 0 saturated heterocycles. The Kier molecular flexibility index (Phi) is 3.66. The van der Waals surface area contributed by atoms with Gasteiger partial charge in [0.15, 0.2) is 0 Å². The average molecular weight is 264 g/mol. The predicted molar refractivity (Wildman–Crippen MR) is 70.1 cm³/mol. The molecule has 0 aliphatic rings. The van der Waals surface area contributed by atoms with Crippen LogP contribution in [0.15, 0.2) is 28.0 Å². The van der Waals surface area contributed by atoms with Crippen molar-refractivity contribution < 1.29 is 9.53 Å². The van der Waals surface area contributed by atoms with Crippen molar-refractivity contribution in [2.75, 3.05) is 12.9 Å². The number of thioether (sulfide) groups is 1. The topological polar surface area (TPSA) is 72.0 Å². The Morgan fingerprint density at radius 3 is 2.94 bits per heavy atom. The summed E-state index contributed by atoms with van der Waals surface area (Å²) in [6.07, 6.45) is 1.90. The molecule has 94 valence electrons. The van der Waals surface area contributed by atoms with Gasteiger partial charge in [-0.25, -0.2) is 9.78 Å². The average Bonchev–Trinajstić information content (AvgIpc) is 2.37. The number of aromatic nitrogens is 2. The largest absolute Gasteiger partial charge is 0.462 e. The van der Waals surface area contributed by atoms with Crippen molar-refractivity contribution in [3.05, 3.63) is 34.1 Å². The van der Waals surface area contributed by atoms with E-state index in [1.807, 2.05) is 18.4 Å². The van der Waals surface area contributed by atoms with Gasteiger partial charge in [-0.3, -0.25) is 4.79 Å². The molecule has 0 bridgehead atoms. The summed E-state index contributed by atoms with van der Waals surface area (Å²) < 4.78 is 4.82. The lowest BCUT2D eigenvalue weighted by atomic mass is 10.2. The van der Waals surface area contributed by atoms with Crippen LogP contribution in [0.5, 0.6) is 0 Å². The number of esters is 1. The van der Waals surface area contributed by atoms with Crippen LogP contribution in [0.3, 0.4) is 0 Å². The summed E-state index contributed by atoms with van der Waals surface area (Å²) in [5, 5.41) is 1.51. The molecule has 0 spiro atoms. The third-order valence-electron chi connectivity index (χ3n) is 2.38. The van der Waals surface area contributed by atoms with Crippen LogP contribution in [-0.4, -0.2) is 28.8 Å². The second kappa shape index (κ2) is 5.22. The molecule has 0 radical (unpaired) electrons. The van der Waals surface area contributed by atoms with Crippen LogP contribution < -0.4 is 5.56 Å². The van der Waals surface area contributed by atoms with Crippen molar-refractivity contribution in [1.82, 2.24) is 9.97 Å². The van der Waals surface area contributed by atoms with E-state index >= 15 is 0 Å². The predicted octanol–water partition coefficient (Wildman–Crippen LogP) is 1.82. The molecule has 2 aromatic rings. The van der Waals surface area contributed by atoms with Crippen molar-refractivity contribution >= 4 is 28.8 Å². The molecule has 5 nitrogen and oxygen atoms in total. The molecule has 0 aliphatic carbocycles. The number of pyridine rings is 2. The number of hydrogen-bond acceptors (Lipinski definition) is 5. The Labute approximate surface area is 108 Å². The number of ether oxygens (including phenoxy) is 1. The fraction of sp³-hybridized carbons (Fsp3) is 0.250. The summed E-state index contributed by atoms with van der Waals surface area (Å²) in [4.78, 5) is 30.2. The molecule has 0 aromatic carbocycles. The Morgan fingerprint density at radius 2 is 2.28 bits per heavy atom. The van der Waals surface area contributed by atoms with E-state index in [1.54, 1.807) is 6.92 Å². The number of aromatic amines is 1. The first-order valence-electron chi connectivity index (χ1n) is 5.41. The van der Waals surface area contributed by atoms with Gasteiger partial charge in [0.05, 0.1) is 11.6 Å². The summed E-state index contributed by atoms with van der Waals surface area (Å²) in [7, 11) is 0. The fourth-order valence-electron chi connectivity index (χ4n) is 1.54. The lowest BCUT2D eigenvalue weighted by molar-refractivity contribution is 0.0524. The minimum atomic E-state index is -0.616. The molecule has 0 saturated carbocycles. The van der Waals surface area contributed by atoms with Gasteiger partial charge in [0, 0.05) is 5.39 Å². The van der Waals surface area contributed by atoms with Gasteiger partial charge in [0.25, 0.3) is 5.56 Å². The second-order valence-corrected chi connectivity index (χ2v) is 4.35. The third kappa shape index (κ3) is 2.38. The Hall–Kier alpha value is -1.82. The smallest absolute Gasteiger partial charge is 0.343 e. The van der Waals surface area contributed by atoms with Gasteiger partial charge in [-0.1, -0.05) is 0 Å². The zero-order valence-corrected chi connectivity index (χ0v) is 10.8. The van der Waals surface area contributed by atoms with Crippen LogP contribution in [-0.2, 0) is 4.74 Å². The Morgan fingerprint density at radius 1 is 1.50 bits per heavy atom. The first kappa shape index (κ1) is 12.6. The minimum absolute atomic E-state index is 0.00283. The van der Waals surface area contributed by atoms with Crippen LogP contribution >= 0.6 is 11.8 Å². The maximum Gasteiger partial charge on any atom is 0.343 e. The van der Waals surface area contributed by atoms with E-state index in [4.69, 9.17) is 4.74 Å². The maximum atomic E-state index is 11.7. The minimum Gasteiger partial charge on any atom is -0.462 e. The highest BCUT2D eigenvalue weighted by atomic mass is 32.2. The third-order valence-corrected chi connectivity index (χ3v) is 3.03. The van der Waals surface area contributed by atoms with Gasteiger partial charge in [0.1, 0.15) is 11.2 Å². The summed E-state index contributed by atoms with van der Waals surface area (Å²) in [5.41, 5.74) is -0.00495. The van der Waals surface area contributed by atoms with E-state index in [0.29, 0.717) is 11.0 Å². The van der Waals surface area contributed by atoms with E-state index < -0.39 is 11.5 Å². The van der Waals surface area contributed by atoms with Gasteiger partial charge in [0.2, 0.25) is 0 Å². The molecule has 2 aromatic heterocycles. The standard InChI is InChI=1S/C12H12N2O3S/c1-3-17-12(16)8-6-7-4-5-9(18-2)13-10(7)14-11(8)15/h4-6H,3H2,1-2H3,(H,13,14,15). The van der Waals surface area contributed by atoms with E-state index in [2.05, 4.69) is 9.97 Å². The van der Waals surface area contributed by atoms with E-state index in [-0.39, 0.29) is 12.2 Å². The highest BCUT2D eigenvalue weighted by molar-refractivity contribution is 7.98. The van der Waals surface area contributed by atoms with Crippen LogP contribution in [0.4, 0.5) is 0 Å². The molecule has 0 unspecified atom stereocenters. The molecule has 2 rings (SSSR count). The summed E-state index contributed by atoms with van der Waals surface area (Å²) in [5.74, 6) is -0.616. The van der Waals surface area contributed by atoms with Gasteiger partial charge in [-0.2, -0.15) is 0 Å². The van der Waals surface area contributed by atoms with Gasteiger partial charge >= 0.3 is 5.97 Å². The molecule has 0 fully saturated rings. The fourth-order valence-corrected chi connectivity index (χ4v) is 1.93. The van der Waals surface area contributed by atoms with E-state index in [1.165, 1.54) is 17.8 Å². The monoisotopic (exact) mass is 264 g/mol. The Bertz CT molecular complexity index is 651. The first-order valence-corrected chi connectivity index (χ1v) is 6.63. The van der Waals surface area contributed by atoms with Gasteiger partial charge in [-0.15, -0.1) is 11.8 Å². The number of carbonyl (C=O) groups excluding carboxylic acids is 1. The summed E-state index contributed by atoms with van der Waals surface area (Å²) in [6.45, 7) is 1.93. The quantitative estimate of drug-likeness (QED) is 0.676. The maximum absolute atomic E-state index is 11.7. The van der Waals surface area contributed by atoms with Gasteiger partial charge < -0.3 is 9.72 Å². The molecule has 6 heteroatoms. The van der Waals surface area contributed by atoms with Crippen LogP contribution in [0.2, 0.25) is 0 Å². The van der Waals surface area contributed by atoms with Crippen molar-refractivity contribution in [3.63, 3.8) is 0 Å². The van der Waals surface area contributed by atoms with Crippen LogP contribution in [0.25, 0.3) is 11.0 Å². The number of nitrogens with one attached hydrogen (secondary N) is 1. The van der Waals surface area contributed by atoms with Crippen molar-refractivity contribution in [1.29, 1.82) is 0 Å². The molecular formula is C12H12N2O3S. The number of hydrogen-bond donors (Lipinski definition) is 1. The Balaban J connectivity index is 2.56. The lowest BCUT2D eigenvalue weighted by Crippen LogP contribution is -2.19. The number of nitrogens with zero attached hydrogens (tertiary/aromatic N) is 1. The van der Waals surface area contributed by atoms with E-state index in [9.17, 15) is 9.59 Å². The molecule has 1 N–H and O–H groups in total. The molecule has 0 aliphatic heterocycles. The SMILES string of the molecule is CCOC(=O)c1cc2ccc(SC)nc2[nH]c1=O. The summed E-state index contributed by atoms with van der Waals surface area (Å²) >= 11 is 1.48. The zero-order valence-electron chi connectivity index (χ0n) is 10.0. The first-order chi connectivity index (χ1) is 8.65. The molecule has 18 heavy (non-hydrogen) atoms. The van der Waals surface area contributed by atoms with Crippen molar-refractivity contribution in [2.45, 2.75) is 11.9 Å². The van der Waals surface area contributed by atoms with Crippen LogP contribution in [0, 0.1) is 0 Å². The normalized spacial score (nSPS) is 10.6. The van der Waals surface area contributed by atoms with Crippen molar-refractivity contribution in [3.8, 4) is 0 Å². The number of fused-ring (bicyclic) bond motifs is 1. The molecule has 0 atom stereocenters. The molecule has 0 amide bonds. The molecular weight excluding hydrogens is 252 g/mol. The lowest BCUT2D eigenvalue weighted by Gasteiger charge is -2.03. The van der Waals surface area contributed by atoms with Crippen LogP contribution in [0.1, 0.15) is 17.3 Å². The zero-order chi connectivity index (χ0) is 13.1. The van der Waals surface area contributed by atoms with Gasteiger partial charge in [-0.05, 0) is 31.4 Å². The number of H-pyrrole nitrogens is 1. The highest BCUT2D eigenvalue weighted by Gasteiger charge is 2.13. The summed E-state index contributed by atoms with van der Waals surface area (Å²) in [6, 6.07) is 5.15. The number of rotatable bonds is 3.